The molecule has 0 rings (SSSR count). The van der Waals surface area contributed by atoms with E-state index in [1.807, 2.05) is 14.1 Å². The molecule has 0 aliphatic carbocycles. The molecule has 0 saturated heterocycles. The van der Waals surface area contributed by atoms with Gasteiger partial charge in [0.2, 0.25) is 0 Å². The Bertz CT molecular complexity index is 418. The van der Waals surface area contributed by atoms with Gasteiger partial charge in [0.25, 0.3) is 0 Å². The minimum atomic E-state index is -0.356. The van der Waals surface area contributed by atoms with Crippen molar-refractivity contribution in [3.63, 3.8) is 0 Å². The fourth-order valence-corrected chi connectivity index (χ4v) is 3.55. The van der Waals surface area contributed by atoms with Crippen LogP contribution >= 0.6 is 0 Å². The van der Waals surface area contributed by atoms with Crippen LogP contribution in [0.5, 0.6) is 0 Å². The van der Waals surface area contributed by atoms with Gasteiger partial charge in [-0.15, -0.1) is 0 Å². The summed E-state index contributed by atoms with van der Waals surface area (Å²) in [6.07, 6.45) is 17.1. The molecule has 31 heavy (non-hydrogen) atoms. The largest absolute Gasteiger partial charge is 1.00 e. The maximum absolute atomic E-state index is 12.2. The number of likely N-dealkylation sites (N-methyl/N-ethyl adjacent to an activating group) is 1. The Kier molecular flexibility index (Phi) is 24.9. The molecular formula is C25H50ClNO4. The molecule has 1 unspecified atom stereocenters. The predicted octanol–water partition coefficient (Wildman–Crippen LogP) is 1.87. The molecule has 6 heteroatoms. The maximum Gasteiger partial charge on any atom is 0.306 e. The van der Waals surface area contributed by atoms with Crippen LogP contribution in [0.15, 0.2) is 0 Å². The van der Waals surface area contributed by atoms with E-state index >= 15 is 0 Å². The smallest absolute Gasteiger partial charge is 0.306 e. The molecule has 1 atom stereocenters. The van der Waals surface area contributed by atoms with Gasteiger partial charge in [0.15, 0.2) is 6.10 Å². The number of hydrogen-bond donors (Lipinski definition) is 1. The van der Waals surface area contributed by atoms with Gasteiger partial charge in [-0.2, -0.15) is 0 Å². The van der Waals surface area contributed by atoms with Crippen molar-refractivity contribution < 1.29 is 36.4 Å². The SMILES string of the molecule is CCCCCCCCCC(=O)OCC(C[NH+](C)C)OC(=O)CCCCCCCCC.[Cl-]. The third-order valence-electron chi connectivity index (χ3n) is 5.33. The van der Waals surface area contributed by atoms with Crippen LogP contribution in [0, 0.1) is 0 Å². The number of nitrogens with one attached hydrogen (secondary N) is 1. The molecule has 5 nitrogen and oxygen atoms in total. The average Bonchev–Trinajstić information content (AvgIpc) is 2.70. The molecule has 0 aliphatic rings. The average molecular weight is 464 g/mol. The van der Waals surface area contributed by atoms with Gasteiger partial charge in [0.1, 0.15) is 13.2 Å². The summed E-state index contributed by atoms with van der Waals surface area (Å²) in [5, 5.41) is 0. The van der Waals surface area contributed by atoms with E-state index in [2.05, 4.69) is 13.8 Å². The molecule has 0 aromatic rings. The van der Waals surface area contributed by atoms with Crippen LogP contribution < -0.4 is 17.3 Å². The summed E-state index contributed by atoms with van der Waals surface area (Å²) < 4.78 is 11.0. The summed E-state index contributed by atoms with van der Waals surface area (Å²) in [6.45, 7) is 5.25. The summed E-state index contributed by atoms with van der Waals surface area (Å²) in [5.74, 6) is -0.344. The van der Waals surface area contributed by atoms with Crippen molar-refractivity contribution in [1.29, 1.82) is 0 Å². The Hall–Kier alpha value is -0.810. The Labute approximate surface area is 198 Å². The normalized spacial score (nSPS) is 11.8. The molecule has 186 valence electrons. The van der Waals surface area contributed by atoms with Gasteiger partial charge in [-0.1, -0.05) is 90.9 Å². The van der Waals surface area contributed by atoms with E-state index < -0.39 is 0 Å². The van der Waals surface area contributed by atoms with Gasteiger partial charge in [-0.3, -0.25) is 9.59 Å². The third kappa shape index (κ3) is 23.7. The second kappa shape index (κ2) is 23.8. The lowest BCUT2D eigenvalue weighted by Crippen LogP contribution is -3.07. The van der Waals surface area contributed by atoms with Crippen LogP contribution in [-0.4, -0.2) is 45.3 Å². The van der Waals surface area contributed by atoms with Gasteiger partial charge in [-0.25, -0.2) is 0 Å². The summed E-state index contributed by atoms with van der Waals surface area (Å²) in [6, 6.07) is 0. The second-order valence-electron chi connectivity index (χ2n) is 8.95. The highest BCUT2D eigenvalue weighted by Gasteiger charge is 2.19. The lowest BCUT2D eigenvalue weighted by molar-refractivity contribution is -0.861. The van der Waals surface area contributed by atoms with Gasteiger partial charge < -0.3 is 26.8 Å². The second-order valence-corrected chi connectivity index (χ2v) is 8.95. The van der Waals surface area contributed by atoms with Crippen molar-refractivity contribution in [2.75, 3.05) is 27.2 Å². The number of rotatable bonds is 21. The molecule has 0 heterocycles. The number of halogens is 1. The van der Waals surface area contributed by atoms with E-state index in [1.54, 1.807) is 0 Å². The fraction of sp³-hybridized carbons (Fsp3) is 0.920. The number of ether oxygens (including phenoxy) is 2. The zero-order valence-corrected chi connectivity index (χ0v) is 21.6. The highest BCUT2D eigenvalue weighted by atomic mass is 35.5. The minimum absolute atomic E-state index is 0. The molecule has 0 saturated carbocycles. The summed E-state index contributed by atoms with van der Waals surface area (Å²) in [4.78, 5) is 25.3. The lowest BCUT2D eigenvalue weighted by Gasteiger charge is -2.19. The zero-order chi connectivity index (χ0) is 22.5. The number of hydrogen-bond acceptors (Lipinski definition) is 4. The van der Waals surface area contributed by atoms with Crippen molar-refractivity contribution in [1.82, 2.24) is 0 Å². The molecular weight excluding hydrogens is 414 g/mol. The van der Waals surface area contributed by atoms with Crippen molar-refractivity contribution in [2.45, 2.75) is 123 Å². The van der Waals surface area contributed by atoms with E-state index in [4.69, 9.17) is 9.47 Å². The third-order valence-corrected chi connectivity index (χ3v) is 5.33. The maximum atomic E-state index is 12.2. The van der Waals surface area contributed by atoms with Crippen LogP contribution in [0.4, 0.5) is 0 Å². The summed E-state index contributed by atoms with van der Waals surface area (Å²) in [7, 11) is 4.02. The van der Waals surface area contributed by atoms with Gasteiger partial charge in [0.05, 0.1) is 14.1 Å². The molecule has 0 fully saturated rings. The first-order valence-corrected chi connectivity index (χ1v) is 12.6. The Balaban J connectivity index is 0. The van der Waals surface area contributed by atoms with E-state index in [-0.39, 0.29) is 37.1 Å². The van der Waals surface area contributed by atoms with Crippen molar-refractivity contribution in [3.05, 3.63) is 0 Å². The summed E-state index contributed by atoms with van der Waals surface area (Å²) >= 11 is 0. The van der Waals surface area contributed by atoms with Crippen LogP contribution in [-0.2, 0) is 19.1 Å². The summed E-state index contributed by atoms with van der Waals surface area (Å²) in [5.41, 5.74) is 0. The van der Waals surface area contributed by atoms with E-state index in [0.717, 1.165) is 25.7 Å². The minimum Gasteiger partial charge on any atom is -1.00 e. The van der Waals surface area contributed by atoms with Crippen LogP contribution in [0.1, 0.15) is 117 Å². The molecule has 0 aromatic heterocycles. The van der Waals surface area contributed by atoms with Crippen LogP contribution in [0.2, 0.25) is 0 Å². The predicted molar refractivity (Wildman–Crippen MR) is 124 cm³/mol. The molecule has 0 spiro atoms. The van der Waals surface area contributed by atoms with Gasteiger partial charge >= 0.3 is 11.9 Å². The standard InChI is InChI=1S/C25H49NO4.ClH/c1-5-7-9-11-13-15-17-19-24(27)29-22-23(21-26(3)4)30-25(28)20-18-16-14-12-10-8-6-2;/h23H,5-22H2,1-4H3;1H. The monoisotopic (exact) mass is 463 g/mol. The quantitative estimate of drug-likeness (QED) is 0.208. The molecule has 0 amide bonds. The zero-order valence-electron chi connectivity index (χ0n) is 20.8. The highest BCUT2D eigenvalue weighted by Crippen LogP contribution is 2.10. The van der Waals surface area contributed by atoms with Crippen LogP contribution in [0.25, 0.3) is 0 Å². The first-order valence-electron chi connectivity index (χ1n) is 12.6. The first-order chi connectivity index (χ1) is 14.5. The molecule has 1 N–H and O–H groups in total. The fourth-order valence-electron chi connectivity index (χ4n) is 3.55. The Morgan fingerprint density at radius 1 is 0.677 bits per heavy atom. The molecule has 0 bridgehead atoms. The lowest BCUT2D eigenvalue weighted by atomic mass is 10.1. The van der Waals surface area contributed by atoms with E-state index in [1.165, 1.54) is 69.1 Å². The van der Waals surface area contributed by atoms with E-state index in [9.17, 15) is 9.59 Å². The Morgan fingerprint density at radius 3 is 1.55 bits per heavy atom. The van der Waals surface area contributed by atoms with Crippen molar-refractivity contribution >= 4 is 11.9 Å². The van der Waals surface area contributed by atoms with Crippen molar-refractivity contribution in [3.8, 4) is 0 Å². The first kappa shape index (κ1) is 32.4. The number of carbonyl (C=O) groups is 2. The molecule has 0 aliphatic heterocycles. The number of quaternary nitrogens is 1. The molecule has 0 aromatic carbocycles. The molecule has 0 radical (unpaired) electrons. The van der Waals surface area contributed by atoms with Crippen molar-refractivity contribution in [2.24, 2.45) is 0 Å². The van der Waals surface area contributed by atoms with Gasteiger partial charge in [0, 0.05) is 12.8 Å². The highest BCUT2D eigenvalue weighted by molar-refractivity contribution is 5.70. The Morgan fingerprint density at radius 2 is 1.10 bits per heavy atom. The van der Waals surface area contributed by atoms with Gasteiger partial charge in [-0.05, 0) is 12.8 Å². The van der Waals surface area contributed by atoms with E-state index in [0.29, 0.717) is 19.4 Å². The number of unbranched alkanes of at least 4 members (excludes halogenated alkanes) is 12. The number of carbonyl (C=O) groups excluding carboxylic acids is 2. The topological polar surface area (TPSA) is 57.0 Å². The number of esters is 2. The van der Waals surface area contributed by atoms with Crippen LogP contribution in [0.3, 0.4) is 0 Å².